The van der Waals surface area contributed by atoms with Crippen molar-refractivity contribution in [2.45, 2.75) is 43.2 Å². The fourth-order valence-electron chi connectivity index (χ4n) is 2.14. The van der Waals surface area contributed by atoms with Crippen LogP contribution in [0.5, 0.6) is 0 Å². The van der Waals surface area contributed by atoms with Gasteiger partial charge in [0.15, 0.2) is 0 Å². The standard InChI is InChI=1S/C14H21NOS/c15-11-12-4-1-7-14(10-12)17-9-3-6-13-5-2-8-16-13/h1,4,7,10,13H,2-3,5-6,8-9,11,15H2. The third-order valence-electron chi connectivity index (χ3n) is 3.10. The minimum Gasteiger partial charge on any atom is -0.378 e. The Labute approximate surface area is 108 Å². The second-order valence-corrected chi connectivity index (χ2v) is 5.65. The summed E-state index contributed by atoms with van der Waals surface area (Å²) in [6.07, 6.45) is 5.49. The summed E-state index contributed by atoms with van der Waals surface area (Å²) >= 11 is 1.92. The fourth-order valence-corrected chi connectivity index (χ4v) is 3.09. The SMILES string of the molecule is NCc1cccc(SCCCC2CCCO2)c1. The summed E-state index contributed by atoms with van der Waals surface area (Å²) in [5, 5.41) is 0. The molecule has 1 saturated heterocycles. The van der Waals surface area contributed by atoms with Crippen LogP contribution in [0.25, 0.3) is 0 Å². The molecule has 2 rings (SSSR count). The lowest BCUT2D eigenvalue weighted by molar-refractivity contribution is 0.104. The Bertz CT molecular complexity index is 337. The van der Waals surface area contributed by atoms with E-state index >= 15 is 0 Å². The van der Waals surface area contributed by atoms with Crippen LogP contribution in [0.3, 0.4) is 0 Å². The Kier molecular flexibility index (Phi) is 5.36. The molecule has 0 amide bonds. The van der Waals surface area contributed by atoms with E-state index in [1.165, 1.54) is 41.9 Å². The summed E-state index contributed by atoms with van der Waals surface area (Å²) in [6, 6.07) is 8.52. The van der Waals surface area contributed by atoms with Gasteiger partial charge in [-0.3, -0.25) is 0 Å². The predicted molar refractivity (Wildman–Crippen MR) is 73.3 cm³/mol. The number of hydrogen-bond acceptors (Lipinski definition) is 3. The lowest BCUT2D eigenvalue weighted by Crippen LogP contribution is -2.04. The summed E-state index contributed by atoms with van der Waals surface area (Å²) in [5.74, 6) is 1.17. The van der Waals surface area contributed by atoms with Crippen LogP contribution in [0.1, 0.15) is 31.2 Å². The molecule has 17 heavy (non-hydrogen) atoms. The normalized spacial score (nSPS) is 19.7. The molecule has 0 spiro atoms. The lowest BCUT2D eigenvalue weighted by atomic mass is 10.1. The van der Waals surface area contributed by atoms with Gasteiger partial charge in [-0.25, -0.2) is 0 Å². The maximum absolute atomic E-state index is 5.63. The topological polar surface area (TPSA) is 35.2 Å². The number of ether oxygens (including phenoxy) is 1. The van der Waals surface area contributed by atoms with Crippen LogP contribution >= 0.6 is 11.8 Å². The van der Waals surface area contributed by atoms with Crippen molar-refractivity contribution in [3.8, 4) is 0 Å². The molecule has 0 aliphatic carbocycles. The van der Waals surface area contributed by atoms with Crippen LogP contribution in [0.4, 0.5) is 0 Å². The Morgan fingerprint density at radius 1 is 1.41 bits per heavy atom. The van der Waals surface area contributed by atoms with Crippen LogP contribution in [0, 0.1) is 0 Å². The highest BCUT2D eigenvalue weighted by Crippen LogP contribution is 2.23. The van der Waals surface area contributed by atoms with Gasteiger partial charge < -0.3 is 10.5 Å². The van der Waals surface area contributed by atoms with Gasteiger partial charge in [0.2, 0.25) is 0 Å². The summed E-state index contributed by atoms with van der Waals surface area (Å²) in [4.78, 5) is 1.33. The first-order valence-corrected chi connectivity index (χ1v) is 7.40. The predicted octanol–water partition coefficient (Wildman–Crippen LogP) is 3.20. The maximum atomic E-state index is 5.63. The average molecular weight is 251 g/mol. The largest absolute Gasteiger partial charge is 0.378 e. The zero-order chi connectivity index (χ0) is 11.9. The van der Waals surface area contributed by atoms with Crippen molar-refractivity contribution in [3.05, 3.63) is 29.8 Å². The van der Waals surface area contributed by atoms with Crippen molar-refractivity contribution in [2.24, 2.45) is 5.73 Å². The van der Waals surface area contributed by atoms with Crippen LogP contribution in [-0.2, 0) is 11.3 Å². The Morgan fingerprint density at radius 2 is 2.35 bits per heavy atom. The van der Waals surface area contributed by atoms with Crippen molar-refractivity contribution < 1.29 is 4.74 Å². The van der Waals surface area contributed by atoms with Crippen molar-refractivity contribution in [2.75, 3.05) is 12.4 Å². The van der Waals surface area contributed by atoms with E-state index in [-0.39, 0.29) is 0 Å². The highest BCUT2D eigenvalue weighted by Gasteiger charge is 2.14. The molecule has 1 aliphatic heterocycles. The molecular weight excluding hydrogens is 230 g/mol. The summed E-state index contributed by atoms with van der Waals surface area (Å²) in [7, 11) is 0. The first kappa shape index (κ1) is 12.9. The molecule has 1 unspecified atom stereocenters. The minimum absolute atomic E-state index is 0.533. The fraction of sp³-hybridized carbons (Fsp3) is 0.571. The van der Waals surface area contributed by atoms with E-state index < -0.39 is 0 Å². The van der Waals surface area contributed by atoms with Crippen LogP contribution in [-0.4, -0.2) is 18.5 Å². The van der Waals surface area contributed by atoms with E-state index in [1.807, 2.05) is 11.8 Å². The molecule has 1 aromatic carbocycles. The van der Waals surface area contributed by atoms with Crippen LogP contribution < -0.4 is 5.73 Å². The van der Waals surface area contributed by atoms with Crippen LogP contribution in [0.15, 0.2) is 29.2 Å². The quantitative estimate of drug-likeness (QED) is 0.623. The maximum Gasteiger partial charge on any atom is 0.0576 e. The van der Waals surface area contributed by atoms with Gasteiger partial charge >= 0.3 is 0 Å². The van der Waals surface area contributed by atoms with Crippen molar-refractivity contribution in [1.29, 1.82) is 0 Å². The lowest BCUT2D eigenvalue weighted by Gasteiger charge is -2.08. The van der Waals surface area contributed by atoms with E-state index in [1.54, 1.807) is 0 Å². The highest BCUT2D eigenvalue weighted by molar-refractivity contribution is 7.99. The van der Waals surface area contributed by atoms with E-state index in [4.69, 9.17) is 10.5 Å². The van der Waals surface area contributed by atoms with Crippen molar-refractivity contribution in [1.82, 2.24) is 0 Å². The van der Waals surface area contributed by atoms with E-state index in [0.29, 0.717) is 12.6 Å². The molecule has 2 N–H and O–H groups in total. The zero-order valence-electron chi connectivity index (χ0n) is 10.2. The molecule has 0 aromatic heterocycles. The number of thioether (sulfide) groups is 1. The van der Waals surface area contributed by atoms with Crippen molar-refractivity contribution in [3.63, 3.8) is 0 Å². The molecule has 2 nitrogen and oxygen atoms in total. The zero-order valence-corrected chi connectivity index (χ0v) is 11.0. The molecule has 0 saturated carbocycles. The number of rotatable bonds is 6. The van der Waals surface area contributed by atoms with Gasteiger partial charge in [0.05, 0.1) is 6.10 Å². The smallest absolute Gasteiger partial charge is 0.0576 e. The Hall–Kier alpha value is -0.510. The minimum atomic E-state index is 0.533. The third kappa shape index (κ3) is 4.34. The molecule has 3 heteroatoms. The molecule has 0 bridgehead atoms. The van der Waals surface area contributed by atoms with Crippen LogP contribution in [0.2, 0.25) is 0 Å². The van der Waals surface area contributed by atoms with Gasteiger partial charge in [0.1, 0.15) is 0 Å². The number of benzene rings is 1. The Balaban J connectivity index is 1.66. The molecule has 94 valence electrons. The monoisotopic (exact) mass is 251 g/mol. The highest BCUT2D eigenvalue weighted by atomic mass is 32.2. The van der Waals surface area contributed by atoms with E-state index in [0.717, 1.165) is 6.61 Å². The molecule has 1 fully saturated rings. The summed E-state index contributed by atoms with van der Waals surface area (Å²) in [6.45, 7) is 1.60. The average Bonchev–Trinajstić information content (AvgIpc) is 2.88. The summed E-state index contributed by atoms with van der Waals surface area (Å²) < 4.78 is 5.62. The van der Waals surface area contributed by atoms with Gasteiger partial charge in [-0.05, 0) is 49.1 Å². The van der Waals surface area contributed by atoms with Gasteiger partial charge in [-0.15, -0.1) is 11.8 Å². The molecular formula is C14H21NOS. The van der Waals surface area contributed by atoms with Gasteiger partial charge in [0, 0.05) is 18.0 Å². The molecule has 1 heterocycles. The first-order chi connectivity index (χ1) is 8.38. The first-order valence-electron chi connectivity index (χ1n) is 6.42. The molecule has 1 aliphatic rings. The van der Waals surface area contributed by atoms with Gasteiger partial charge in [-0.1, -0.05) is 12.1 Å². The third-order valence-corrected chi connectivity index (χ3v) is 4.18. The van der Waals surface area contributed by atoms with Gasteiger partial charge in [0.25, 0.3) is 0 Å². The summed E-state index contributed by atoms with van der Waals surface area (Å²) in [5.41, 5.74) is 6.85. The van der Waals surface area contributed by atoms with Gasteiger partial charge in [-0.2, -0.15) is 0 Å². The molecule has 0 radical (unpaired) electrons. The van der Waals surface area contributed by atoms with E-state index in [9.17, 15) is 0 Å². The molecule has 1 aromatic rings. The molecule has 1 atom stereocenters. The number of hydrogen-bond donors (Lipinski definition) is 1. The Morgan fingerprint density at radius 3 is 3.12 bits per heavy atom. The van der Waals surface area contributed by atoms with E-state index in [2.05, 4.69) is 24.3 Å². The number of nitrogens with two attached hydrogens (primary N) is 1. The van der Waals surface area contributed by atoms with Crippen molar-refractivity contribution >= 4 is 11.8 Å². The second-order valence-electron chi connectivity index (χ2n) is 4.48. The second kappa shape index (κ2) is 7.04.